The smallest absolute Gasteiger partial charge is 0.329 e. The van der Waals surface area contributed by atoms with Crippen LogP contribution in [0.1, 0.15) is 59.3 Å². The van der Waals surface area contributed by atoms with Crippen molar-refractivity contribution < 1.29 is 14.7 Å². The van der Waals surface area contributed by atoms with Crippen LogP contribution in [0.3, 0.4) is 0 Å². The molecule has 0 bridgehead atoms. The highest BCUT2D eigenvalue weighted by atomic mass is 16.4. The van der Waals surface area contributed by atoms with Crippen LogP contribution in [0.2, 0.25) is 0 Å². The Bertz CT molecular complexity index is 412. The van der Waals surface area contributed by atoms with Crippen LogP contribution < -0.4 is 5.32 Å². The van der Waals surface area contributed by atoms with Crippen molar-refractivity contribution in [2.24, 2.45) is 11.8 Å². The maximum absolute atomic E-state index is 12.6. The molecule has 4 atom stereocenters. The Balaban J connectivity index is 2.06. The topological polar surface area (TPSA) is 69.6 Å². The largest absolute Gasteiger partial charge is 0.480 e. The number of hydrogen-bond donors (Lipinski definition) is 2. The molecule has 21 heavy (non-hydrogen) atoms. The lowest BCUT2D eigenvalue weighted by Crippen LogP contribution is -2.61. The van der Waals surface area contributed by atoms with E-state index in [0.29, 0.717) is 24.7 Å². The first kappa shape index (κ1) is 16.1. The Morgan fingerprint density at radius 2 is 1.90 bits per heavy atom. The molecule has 2 aliphatic rings. The number of aliphatic carboxylic acids is 1. The van der Waals surface area contributed by atoms with Crippen LogP contribution >= 0.6 is 0 Å². The number of urea groups is 1. The molecular weight excluding hydrogens is 268 g/mol. The first-order valence-electron chi connectivity index (χ1n) is 8.16. The molecule has 2 amide bonds. The van der Waals surface area contributed by atoms with Gasteiger partial charge in [-0.2, -0.15) is 0 Å². The van der Waals surface area contributed by atoms with E-state index in [1.165, 1.54) is 0 Å². The fourth-order valence-corrected chi connectivity index (χ4v) is 3.90. The first-order chi connectivity index (χ1) is 9.84. The van der Waals surface area contributed by atoms with Crippen molar-refractivity contribution in [2.75, 3.05) is 6.54 Å². The Labute approximate surface area is 127 Å². The maximum Gasteiger partial charge on any atom is 0.329 e. The summed E-state index contributed by atoms with van der Waals surface area (Å²) in [7, 11) is 0. The van der Waals surface area contributed by atoms with Crippen LogP contribution in [0.4, 0.5) is 4.79 Å². The van der Waals surface area contributed by atoms with Gasteiger partial charge >= 0.3 is 12.0 Å². The second-order valence-electron chi connectivity index (χ2n) is 7.19. The summed E-state index contributed by atoms with van der Waals surface area (Å²) in [5.74, 6) is 0.0848. The molecule has 1 saturated heterocycles. The molecule has 4 unspecified atom stereocenters. The van der Waals surface area contributed by atoms with Gasteiger partial charge in [0.2, 0.25) is 0 Å². The van der Waals surface area contributed by atoms with E-state index in [1.54, 1.807) is 0 Å². The normalized spacial score (nSPS) is 37.1. The van der Waals surface area contributed by atoms with Gasteiger partial charge in [0.05, 0.1) is 0 Å². The molecule has 1 saturated carbocycles. The number of hydrogen-bond acceptors (Lipinski definition) is 2. The zero-order valence-electron chi connectivity index (χ0n) is 13.4. The molecule has 120 valence electrons. The number of carbonyl (C=O) groups excluding carboxylic acids is 1. The average Bonchev–Trinajstić information content (AvgIpc) is 2.38. The highest BCUT2D eigenvalue weighted by Gasteiger charge is 2.44. The molecule has 5 heteroatoms. The summed E-state index contributed by atoms with van der Waals surface area (Å²) < 4.78 is 0. The standard InChI is InChI=1S/C16H28N2O3/c1-11-6-8-18(13(3)9-11)15(21)17-16(14(19)20)7-4-5-12(2)10-16/h11-13H,4-10H2,1-3H3,(H,17,21)(H,19,20). The van der Waals surface area contributed by atoms with Gasteiger partial charge in [0.25, 0.3) is 0 Å². The van der Waals surface area contributed by atoms with Crippen molar-refractivity contribution in [1.29, 1.82) is 0 Å². The molecule has 0 radical (unpaired) electrons. The van der Waals surface area contributed by atoms with E-state index in [4.69, 9.17) is 0 Å². The van der Waals surface area contributed by atoms with Gasteiger partial charge in [-0.25, -0.2) is 9.59 Å². The van der Waals surface area contributed by atoms with E-state index in [-0.39, 0.29) is 12.1 Å². The summed E-state index contributed by atoms with van der Waals surface area (Å²) in [5, 5.41) is 12.5. The monoisotopic (exact) mass is 296 g/mol. The number of nitrogens with one attached hydrogen (secondary N) is 1. The predicted octanol–water partition coefficient (Wildman–Crippen LogP) is 2.85. The van der Waals surface area contributed by atoms with Crippen LogP contribution in [0.5, 0.6) is 0 Å². The van der Waals surface area contributed by atoms with Crippen LogP contribution in [0, 0.1) is 11.8 Å². The second-order valence-corrected chi connectivity index (χ2v) is 7.19. The number of carboxylic acid groups (broad SMARTS) is 1. The van der Waals surface area contributed by atoms with E-state index < -0.39 is 11.5 Å². The molecular formula is C16H28N2O3. The first-order valence-corrected chi connectivity index (χ1v) is 8.16. The van der Waals surface area contributed by atoms with Gasteiger partial charge in [-0.1, -0.05) is 26.7 Å². The van der Waals surface area contributed by atoms with E-state index >= 15 is 0 Å². The number of piperidine rings is 1. The lowest BCUT2D eigenvalue weighted by atomic mass is 9.76. The van der Waals surface area contributed by atoms with Gasteiger partial charge in [-0.3, -0.25) is 0 Å². The summed E-state index contributed by atoms with van der Waals surface area (Å²) in [6, 6.07) is -0.0218. The lowest BCUT2D eigenvalue weighted by molar-refractivity contribution is -0.146. The molecule has 1 aliphatic carbocycles. The fraction of sp³-hybridized carbons (Fsp3) is 0.875. The van der Waals surface area contributed by atoms with E-state index in [0.717, 1.165) is 32.2 Å². The van der Waals surface area contributed by atoms with Crippen molar-refractivity contribution in [1.82, 2.24) is 10.2 Å². The molecule has 0 aromatic heterocycles. The van der Waals surface area contributed by atoms with Crippen molar-refractivity contribution in [2.45, 2.75) is 70.9 Å². The van der Waals surface area contributed by atoms with Gasteiger partial charge < -0.3 is 15.3 Å². The van der Waals surface area contributed by atoms with Crippen LogP contribution in [-0.4, -0.2) is 40.1 Å². The van der Waals surface area contributed by atoms with Gasteiger partial charge in [0.15, 0.2) is 0 Å². The molecule has 0 aromatic carbocycles. The highest BCUT2D eigenvalue weighted by Crippen LogP contribution is 2.33. The summed E-state index contributed by atoms with van der Waals surface area (Å²) in [5.41, 5.74) is -1.07. The third-order valence-corrected chi connectivity index (χ3v) is 5.15. The Kier molecular flexibility index (Phi) is 4.79. The van der Waals surface area contributed by atoms with Crippen molar-refractivity contribution in [3.8, 4) is 0 Å². The molecule has 2 fully saturated rings. The average molecular weight is 296 g/mol. The molecule has 0 aromatic rings. The van der Waals surface area contributed by atoms with E-state index in [1.807, 2.05) is 11.8 Å². The number of carboxylic acids is 1. The minimum absolute atomic E-state index is 0.181. The van der Waals surface area contributed by atoms with Crippen molar-refractivity contribution in [3.05, 3.63) is 0 Å². The predicted molar refractivity (Wildman–Crippen MR) is 81.1 cm³/mol. The summed E-state index contributed by atoms with van der Waals surface area (Å²) in [6.07, 6.45) is 4.96. The summed E-state index contributed by atoms with van der Waals surface area (Å²) in [4.78, 5) is 26.1. The Morgan fingerprint density at radius 1 is 1.19 bits per heavy atom. The second kappa shape index (κ2) is 6.24. The van der Waals surface area contributed by atoms with Crippen molar-refractivity contribution in [3.63, 3.8) is 0 Å². The van der Waals surface area contributed by atoms with Crippen molar-refractivity contribution >= 4 is 12.0 Å². The quantitative estimate of drug-likeness (QED) is 0.823. The van der Waals surface area contributed by atoms with Gasteiger partial charge in [-0.15, -0.1) is 0 Å². The van der Waals surface area contributed by atoms with E-state index in [2.05, 4.69) is 19.2 Å². The van der Waals surface area contributed by atoms with Gasteiger partial charge in [0.1, 0.15) is 5.54 Å². The van der Waals surface area contributed by atoms with E-state index in [9.17, 15) is 14.7 Å². The molecule has 1 aliphatic heterocycles. The fourth-order valence-electron chi connectivity index (χ4n) is 3.90. The van der Waals surface area contributed by atoms with Crippen LogP contribution in [0.25, 0.3) is 0 Å². The molecule has 2 N–H and O–H groups in total. The highest BCUT2D eigenvalue weighted by molar-refractivity contribution is 5.86. The minimum atomic E-state index is -1.07. The number of carbonyl (C=O) groups is 2. The summed E-state index contributed by atoms with van der Waals surface area (Å²) >= 11 is 0. The maximum atomic E-state index is 12.6. The SMILES string of the molecule is CC1CCN(C(=O)NC2(C(=O)O)CCCC(C)C2)C(C)C1. The number of amides is 2. The molecule has 5 nitrogen and oxygen atoms in total. The molecule has 1 heterocycles. The molecule has 0 spiro atoms. The lowest BCUT2D eigenvalue weighted by Gasteiger charge is -2.41. The van der Waals surface area contributed by atoms with Crippen LogP contribution in [0.15, 0.2) is 0 Å². The van der Waals surface area contributed by atoms with Crippen LogP contribution in [-0.2, 0) is 4.79 Å². The third-order valence-electron chi connectivity index (χ3n) is 5.15. The third kappa shape index (κ3) is 3.50. The van der Waals surface area contributed by atoms with Gasteiger partial charge in [0, 0.05) is 12.6 Å². The number of nitrogens with zero attached hydrogens (tertiary/aromatic N) is 1. The molecule has 2 rings (SSSR count). The zero-order valence-corrected chi connectivity index (χ0v) is 13.4. The number of rotatable bonds is 2. The summed E-state index contributed by atoms with van der Waals surface area (Å²) in [6.45, 7) is 7.03. The van der Waals surface area contributed by atoms with Gasteiger partial charge in [-0.05, 0) is 44.4 Å². The number of likely N-dealkylation sites (tertiary alicyclic amines) is 1. The zero-order chi connectivity index (χ0) is 15.6. The Morgan fingerprint density at radius 3 is 2.48 bits per heavy atom. The Hall–Kier alpha value is -1.26. The minimum Gasteiger partial charge on any atom is -0.480 e.